The molecule has 0 fully saturated rings. The molecule has 0 radical (unpaired) electrons. The monoisotopic (exact) mass is 315 g/mol. The number of aromatic nitrogens is 2. The molecule has 0 aliphatic carbocycles. The summed E-state index contributed by atoms with van der Waals surface area (Å²) in [7, 11) is 1.56. The first-order valence-electron chi connectivity index (χ1n) is 5.21. The summed E-state index contributed by atoms with van der Waals surface area (Å²) in [6.45, 7) is 0. The van der Waals surface area contributed by atoms with E-state index in [9.17, 15) is 4.79 Å². The number of carbonyl (C=O) groups is 1. The van der Waals surface area contributed by atoms with Gasteiger partial charge in [-0.05, 0) is 12.1 Å². The van der Waals surface area contributed by atoms with E-state index in [1.54, 1.807) is 30.8 Å². The minimum atomic E-state index is -0.146. The molecule has 1 N–H and O–H groups in total. The Kier molecular flexibility index (Phi) is 5.00. The van der Waals surface area contributed by atoms with E-state index in [2.05, 4.69) is 15.5 Å². The first-order valence-corrected chi connectivity index (χ1v) is 7.45. The van der Waals surface area contributed by atoms with E-state index >= 15 is 0 Å². The molecule has 100 valence electrons. The molecule has 0 unspecified atom stereocenters. The van der Waals surface area contributed by atoms with Crippen molar-refractivity contribution in [1.29, 1.82) is 0 Å². The van der Waals surface area contributed by atoms with Crippen molar-refractivity contribution >= 4 is 46.3 Å². The number of anilines is 1. The van der Waals surface area contributed by atoms with Gasteiger partial charge in [-0.15, -0.1) is 10.2 Å². The molecule has 0 atom stereocenters. The average Bonchev–Trinajstić information content (AvgIpc) is 2.92. The van der Waals surface area contributed by atoms with Crippen LogP contribution in [0.3, 0.4) is 0 Å². The Hall–Kier alpha value is -1.31. The zero-order valence-corrected chi connectivity index (χ0v) is 12.3. The molecule has 0 bridgehead atoms. The summed E-state index contributed by atoms with van der Waals surface area (Å²) in [5.74, 6) is 0.760. The van der Waals surface area contributed by atoms with E-state index in [4.69, 9.17) is 16.3 Å². The van der Waals surface area contributed by atoms with Crippen LogP contribution in [-0.4, -0.2) is 29.0 Å². The van der Waals surface area contributed by atoms with Crippen molar-refractivity contribution < 1.29 is 9.53 Å². The highest BCUT2D eigenvalue weighted by Crippen LogP contribution is 2.27. The van der Waals surface area contributed by atoms with Crippen molar-refractivity contribution in [2.24, 2.45) is 0 Å². The van der Waals surface area contributed by atoms with E-state index in [-0.39, 0.29) is 11.7 Å². The number of ether oxygens (including phenoxy) is 1. The molecule has 8 heteroatoms. The lowest BCUT2D eigenvalue weighted by atomic mass is 10.3. The second kappa shape index (κ2) is 6.74. The van der Waals surface area contributed by atoms with Gasteiger partial charge in [-0.2, -0.15) is 0 Å². The van der Waals surface area contributed by atoms with Gasteiger partial charge < -0.3 is 10.1 Å². The Morgan fingerprint density at radius 2 is 2.42 bits per heavy atom. The molecular weight excluding hydrogens is 306 g/mol. The normalized spacial score (nSPS) is 10.2. The number of benzene rings is 1. The maximum Gasteiger partial charge on any atom is 0.234 e. The van der Waals surface area contributed by atoms with Crippen LogP contribution >= 0.6 is 34.7 Å². The largest absolute Gasteiger partial charge is 0.497 e. The molecule has 1 heterocycles. The van der Waals surface area contributed by atoms with Crippen LogP contribution in [-0.2, 0) is 4.79 Å². The first kappa shape index (κ1) is 14.1. The van der Waals surface area contributed by atoms with Gasteiger partial charge in [-0.1, -0.05) is 34.7 Å². The smallest absolute Gasteiger partial charge is 0.234 e. The van der Waals surface area contributed by atoms with Crippen LogP contribution in [0.4, 0.5) is 5.69 Å². The van der Waals surface area contributed by atoms with Crippen molar-refractivity contribution in [1.82, 2.24) is 10.2 Å². The summed E-state index contributed by atoms with van der Waals surface area (Å²) in [5.41, 5.74) is 2.19. The minimum absolute atomic E-state index is 0.146. The lowest BCUT2D eigenvalue weighted by molar-refractivity contribution is -0.113. The molecule has 1 aromatic heterocycles. The van der Waals surface area contributed by atoms with Gasteiger partial charge in [0.05, 0.1) is 23.6 Å². The average molecular weight is 316 g/mol. The molecule has 0 aliphatic rings. The number of halogens is 1. The maximum absolute atomic E-state index is 11.7. The van der Waals surface area contributed by atoms with E-state index in [1.807, 2.05) is 0 Å². The van der Waals surface area contributed by atoms with Gasteiger partial charge in [-0.3, -0.25) is 4.79 Å². The van der Waals surface area contributed by atoms with Crippen LogP contribution < -0.4 is 10.1 Å². The van der Waals surface area contributed by atoms with Gasteiger partial charge in [0.1, 0.15) is 11.3 Å². The molecule has 5 nitrogen and oxygen atoms in total. The Morgan fingerprint density at radius 3 is 3.05 bits per heavy atom. The summed E-state index contributed by atoms with van der Waals surface area (Å²) in [5, 5.41) is 10.7. The molecule has 1 amide bonds. The van der Waals surface area contributed by atoms with Gasteiger partial charge in [-0.25, -0.2) is 0 Å². The third kappa shape index (κ3) is 4.09. The number of rotatable bonds is 5. The molecule has 0 aliphatic heterocycles. The number of thioether (sulfide) groups is 1. The predicted molar refractivity (Wildman–Crippen MR) is 77.3 cm³/mol. The summed E-state index contributed by atoms with van der Waals surface area (Å²) >= 11 is 8.76. The minimum Gasteiger partial charge on any atom is -0.497 e. The Balaban J connectivity index is 1.91. The Labute approximate surface area is 123 Å². The van der Waals surface area contributed by atoms with Gasteiger partial charge in [0.15, 0.2) is 4.34 Å². The fourth-order valence-electron chi connectivity index (χ4n) is 1.26. The van der Waals surface area contributed by atoms with Crippen LogP contribution in [0, 0.1) is 0 Å². The topological polar surface area (TPSA) is 64.1 Å². The first-order chi connectivity index (χ1) is 9.19. The quantitative estimate of drug-likeness (QED) is 0.859. The zero-order chi connectivity index (χ0) is 13.7. The fourth-order valence-corrected chi connectivity index (χ4v) is 2.77. The number of hydrogen-bond acceptors (Lipinski definition) is 6. The lowest BCUT2D eigenvalue weighted by Crippen LogP contribution is -2.14. The third-order valence-corrected chi connectivity index (χ3v) is 4.29. The number of carbonyl (C=O) groups excluding carboxylic acids is 1. The molecule has 2 rings (SSSR count). The van der Waals surface area contributed by atoms with Crippen molar-refractivity contribution in [3.63, 3.8) is 0 Å². The SMILES string of the molecule is COc1ccc(NC(=O)CSc2nncs2)c(Cl)c1. The number of nitrogens with one attached hydrogen (secondary N) is 1. The number of amides is 1. The van der Waals surface area contributed by atoms with Crippen molar-refractivity contribution in [2.45, 2.75) is 4.34 Å². The summed E-state index contributed by atoms with van der Waals surface area (Å²) in [4.78, 5) is 11.7. The number of nitrogens with zero attached hydrogens (tertiary/aromatic N) is 2. The molecule has 19 heavy (non-hydrogen) atoms. The summed E-state index contributed by atoms with van der Waals surface area (Å²) < 4.78 is 5.80. The van der Waals surface area contributed by atoms with E-state index in [1.165, 1.54) is 23.1 Å². The lowest BCUT2D eigenvalue weighted by Gasteiger charge is -2.08. The van der Waals surface area contributed by atoms with Crippen molar-refractivity contribution in [3.8, 4) is 5.75 Å². The number of hydrogen-bond donors (Lipinski definition) is 1. The standard InChI is InChI=1S/C11H10ClN3O2S2/c1-17-7-2-3-9(8(12)4-7)14-10(16)5-18-11-15-13-6-19-11/h2-4,6H,5H2,1H3,(H,14,16). The van der Waals surface area contributed by atoms with Crippen LogP contribution in [0.1, 0.15) is 0 Å². The Morgan fingerprint density at radius 1 is 1.58 bits per heavy atom. The highest BCUT2D eigenvalue weighted by molar-refractivity contribution is 8.01. The van der Waals surface area contributed by atoms with Gasteiger partial charge >= 0.3 is 0 Å². The molecule has 2 aromatic rings. The highest BCUT2D eigenvalue weighted by atomic mass is 35.5. The fraction of sp³-hybridized carbons (Fsp3) is 0.182. The van der Waals surface area contributed by atoms with Crippen molar-refractivity contribution in [3.05, 3.63) is 28.7 Å². The molecule has 0 saturated carbocycles. The zero-order valence-electron chi connectivity index (χ0n) is 9.92. The molecule has 0 saturated heterocycles. The summed E-state index contributed by atoms with van der Waals surface area (Å²) in [6.07, 6.45) is 0. The van der Waals surface area contributed by atoms with E-state index in [0.29, 0.717) is 16.5 Å². The third-order valence-electron chi connectivity index (χ3n) is 2.12. The summed E-state index contributed by atoms with van der Waals surface area (Å²) in [6, 6.07) is 5.09. The van der Waals surface area contributed by atoms with Crippen molar-refractivity contribution in [2.75, 3.05) is 18.2 Å². The van der Waals surface area contributed by atoms with E-state index in [0.717, 1.165) is 4.34 Å². The van der Waals surface area contributed by atoms with Gasteiger partial charge in [0.25, 0.3) is 0 Å². The second-order valence-electron chi connectivity index (χ2n) is 3.39. The van der Waals surface area contributed by atoms with Crippen LogP contribution in [0.2, 0.25) is 5.02 Å². The maximum atomic E-state index is 11.7. The Bertz CT molecular complexity index is 563. The van der Waals surface area contributed by atoms with Crippen LogP contribution in [0.5, 0.6) is 5.75 Å². The molecular formula is C11H10ClN3O2S2. The highest BCUT2D eigenvalue weighted by Gasteiger charge is 2.08. The molecule has 0 spiro atoms. The predicted octanol–water partition coefficient (Wildman–Crippen LogP) is 2.93. The van der Waals surface area contributed by atoms with Gasteiger partial charge in [0, 0.05) is 6.07 Å². The van der Waals surface area contributed by atoms with Crippen LogP contribution in [0.25, 0.3) is 0 Å². The van der Waals surface area contributed by atoms with Crippen LogP contribution in [0.15, 0.2) is 28.0 Å². The second-order valence-corrected chi connectivity index (χ2v) is 5.85. The van der Waals surface area contributed by atoms with E-state index < -0.39 is 0 Å². The number of methoxy groups -OCH3 is 1. The molecule has 1 aromatic carbocycles. The van der Waals surface area contributed by atoms with Gasteiger partial charge in [0.2, 0.25) is 5.91 Å².